The predicted octanol–water partition coefficient (Wildman–Crippen LogP) is 3.38. The Balaban J connectivity index is 1.21. The maximum Gasteiger partial charge on any atom is 0.260 e. The van der Waals surface area contributed by atoms with Crippen LogP contribution < -0.4 is 21.5 Å². The van der Waals surface area contributed by atoms with Gasteiger partial charge in [-0.1, -0.05) is 0 Å². The van der Waals surface area contributed by atoms with Gasteiger partial charge in [0.1, 0.15) is 12.2 Å². The van der Waals surface area contributed by atoms with Crippen LogP contribution in [0.1, 0.15) is 19.3 Å². The van der Waals surface area contributed by atoms with E-state index in [0.717, 1.165) is 49.4 Å². The Labute approximate surface area is 247 Å². The first kappa shape index (κ1) is 26.8. The molecule has 12 heteroatoms. The van der Waals surface area contributed by atoms with Crippen molar-refractivity contribution in [1.29, 1.82) is 0 Å². The average molecular weight is 577 g/mol. The zero-order valence-electron chi connectivity index (χ0n) is 23.6. The summed E-state index contributed by atoms with van der Waals surface area (Å²) in [6.07, 6.45) is 9.74. The lowest BCUT2D eigenvalue weighted by molar-refractivity contribution is -0.130. The molecule has 0 radical (unpaired) electrons. The van der Waals surface area contributed by atoms with Gasteiger partial charge in [0.2, 0.25) is 11.9 Å². The summed E-state index contributed by atoms with van der Waals surface area (Å²) >= 11 is 0. The first-order valence-electron chi connectivity index (χ1n) is 14.6. The van der Waals surface area contributed by atoms with Gasteiger partial charge in [-0.15, -0.1) is 0 Å². The molecule has 7 rings (SSSR count). The van der Waals surface area contributed by atoms with Crippen LogP contribution in [0.25, 0.3) is 33.7 Å². The third-order valence-electron chi connectivity index (χ3n) is 7.95. The van der Waals surface area contributed by atoms with Gasteiger partial charge in [-0.3, -0.25) is 14.2 Å². The largest absolute Gasteiger partial charge is 0.381 e. The molecule has 6 heterocycles. The van der Waals surface area contributed by atoms with Crippen molar-refractivity contribution in [2.75, 3.05) is 36.8 Å². The van der Waals surface area contributed by atoms with Crippen LogP contribution in [-0.4, -0.2) is 72.5 Å². The molecule has 218 valence electrons. The second-order valence-corrected chi connectivity index (χ2v) is 10.9. The number of aromatic nitrogens is 6. The van der Waals surface area contributed by atoms with Crippen molar-refractivity contribution in [2.24, 2.45) is 0 Å². The van der Waals surface area contributed by atoms with E-state index in [1.165, 1.54) is 4.57 Å². The number of likely N-dealkylation sites (tertiary alicyclic amines) is 1. The standard InChI is InChI=1S/C31H32N10O2/c42-27(40-12-1-2-13-40)19-41-29-20(14-25(30(41)43)21-16-34-28(35-17-21)26-4-3-10-33-26)15-36-31(39-29)38-23-7-5-22(6-8-23)37-24-9-11-32-18-24/h3-8,10,14-17,24,32-33,37H,1-2,9,11-13,18-19H2,(H,36,38,39). The second-order valence-electron chi connectivity index (χ2n) is 10.9. The molecule has 5 aromatic rings. The number of rotatable bonds is 8. The minimum absolute atomic E-state index is 0.106. The molecule has 2 aliphatic rings. The summed E-state index contributed by atoms with van der Waals surface area (Å²) < 4.78 is 1.44. The lowest BCUT2D eigenvalue weighted by Crippen LogP contribution is -2.35. The molecule has 2 saturated heterocycles. The zero-order chi connectivity index (χ0) is 29.2. The average Bonchev–Trinajstić information content (AvgIpc) is 3.84. The van der Waals surface area contributed by atoms with Gasteiger partial charge in [-0.05, 0) is 68.3 Å². The Morgan fingerprint density at radius 2 is 1.79 bits per heavy atom. The van der Waals surface area contributed by atoms with Gasteiger partial charge in [-0.25, -0.2) is 15.0 Å². The molecule has 4 aromatic heterocycles. The molecule has 0 aliphatic carbocycles. The number of aromatic amines is 1. The molecule has 43 heavy (non-hydrogen) atoms. The van der Waals surface area contributed by atoms with Gasteiger partial charge in [0, 0.05) is 72.8 Å². The van der Waals surface area contributed by atoms with E-state index in [1.54, 1.807) is 35.8 Å². The van der Waals surface area contributed by atoms with Crippen molar-refractivity contribution in [3.05, 3.63) is 77.6 Å². The Morgan fingerprint density at radius 3 is 2.51 bits per heavy atom. The molecule has 0 bridgehead atoms. The number of H-pyrrole nitrogens is 1. The summed E-state index contributed by atoms with van der Waals surface area (Å²) in [4.78, 5) is 50.2. The fraction of sp³-hybridized carbons (Fsp3) is 0.290. The Kier molecular flexibility index (Phi) is 7.25. The molecule has 2 aliphatic heterocycles. The van der Waals surface area contributed by atoms with E-state index in [0.29, 0.717) is 53.1 Å². The summed E-state index contributed by atoms with van der Waals surface area (Å²) in [6.45, 7) is 3.27. The number of pyridine rings is 1. The number of carbonyl (C=O) groups is 1. The van der Waals surface area contributed by atoms with E-state index in [9.17, 15) is 9.59 Å². The minimum Gasteiger partial charge on any atom is -0.381 e. The molecule has 1 aromatic carbocycles. The maximum atomic E-state index is 13.9. The summed E-state index contributed by atoms with van der Waals surface area (Å²) in [5, 5.41) is 10.8. The third-order valence-corrected chi connectivity index (χ3v) is 7.95. The van der Waals surface area contributed by atoms with Crippen LogP contribution in [0.5, 0.6) is 0 Å². The van der Waals surface area contributed by atoms with Crippen molar-refractivity contribution < 1.29 is 4.79 Å². The molecule has 0 spiro atoms. The fourth-order valence-corrected chi connectivity index (χ4v) is 5.64. The Bertz CT molecular complexity index is 1790. The number of nitrogens with one attached hydrogen (secondary N) is 4. The molecule has 0 saturated carbocycles. The van der Waals surface area contributed by atoms with Crippen molar-refractivity contribution in [3.63, 3.8) is 0 Å². The van der Waals surface area contributed by atoms with E-state index in [2.05, 4.69) is 35.9 Å². The van der Waals surface area contributed by atoms with Crippen molar-refractivity contribution >= 4 is 34.3 Å². The van der Waals surface area contributed by atoms with Crippen LogP contribution in [0, 0.1) is 0 Å². The monoisotopic (exact) mass is 576 g/mol. The lowest BCUT2D eigenvalue weighted by atomic mass is 10.1. The first-order valence-corrected chi connectivity index (χ1v) is 14.6. The molecule has 1 amide bonds. The molecule has 12 nitrogen and oxygen atoms in total. The highest BCUT2D eigenvalue weighted by molar-refractivity contribution is 5.84. The SMILES string of the molecule is O=C(Cn1c(=O)c(-c2cnc(-c3ccc[nH]3)nc2)cc2cnc(Nc3ccc(NC4CCNC4)cc3)nc21)N1CCCC1. The highest BCUT2D eigenvalue weighted by atomic mass is 16.2. The number of hydrogen-bond donors (Lipinski definition) is 4. The Morgan fingerprint density at radius 1 is 1.00 bits per heavy atom. The van der Waals surface area contributed by atoms with Crippen LogP contribution in [0.15, 0.2) is 72.0 Å². The summed E-state index contributed by atoms with van der Waals surface area (Å²) in [5.74, 6) is 0.754. The number of nitrogens with zero attached hydrogens (tertiary/aromatic N) is 6. The van der Waals surface area contributed by atoms with E-state index in [1.807, 2.05) is 36.4 Å². The van der Waals surface area contributed by atoms with Crippen LogP contribution in [0.2, 0.25) is 0 Å². The normalized spacial score (nSPS) is 16.6. The first-order chi connectivity index (χ1) is 21.1. The fourth-order valence-electron chi connectivity index (χ4n) is 5.64. The topological polar surface area (TPSA) is 146 Å². The molecular formula is C31H32N10O2. The highest BCUT2D eigenvalue weighted by Gasteiger charge is 2.22. The quantitative estimate of drug-likeness (QED) is 0.218. The van der Waals surface area contributed by atoms with Crippen LogP contribution in [0.3, 0.4) is 0 Å². The summed E-state index contributed by atoms with van der Waals surface area (Å²) in [5.41, 5.74) is 3.62. The van der Waals surface area contributed by atoms with Gasteiger partial charge in [0.05, 0.1) is 11.3 Å². The molecule has 1 unspecified atom stereocenters. The van der Waals surface area contributed by atoms with E-state index in [4.69, 9.17) is 4.98 Å². The third kappa shape index (κ3) is 5.69. The summed E-state index contributed by atoms with van der Waals surface area (Å²) in [7, 11) is 0. The van der Waals surface area contributed by atoms with Gasteiger partial charge in [0.15, 0.2) is 5.82 Å². The minimum atomic E-state index is -0.335. The molecule has 4 N–H and O–H groups in total. The highest BCUT2D eigenvalue weighted by Crippen LogP contribution is 2.24. The number of hydrogen-bond acceptors (Lipinski definition) is 9. The zero-order valence-corrected chi connectivity index (χ0v) is 23.6. The number of carbonyl (C=O) groups excluding carboxylic acids is 1. The van der Waals surface area contributed by atoms with Crippen LogP contribution >= 0.6 is 0 Å². The van der Waals surface area contributed by atoms with E-state index >= 15 is 0 Å². The van der Waals surface area contributed by atoms with Gasteiger partial charge < -0.3 is 25.8 Å². The van der Waals surface area contributed by atoms with Crippen molar-refractivity contribution in [1.82, 2.24) is 39.7 Å². The molecule has 2 fully saturated rings. The van der Waals surface area contributed by atoms with Crippen molar-refractivity contribution in [2.45, 2.75) is 31.8 Å². The lowest BCUT2D eigenvalue weighted by Gasteiger charge is -2.18. The molecule has 1 atom stereocenters. The van der Waals surface area contributed by atoms with Gasteiger partial charge in [-0.2, -0.15) is 4.98 Å². The van der Waals surface area contributed by atoms with Crippen molar-refractivity contribution in [3.8, 4) is 22.6 Å². The van der Waals surface area contributed by atoms with Crippen LogP contribution in [0.4, 0.5) is 17.3 Å². The predicted molar refractivity (Wildman–Crippen MR) is 165 cm³/mol. The van der Waals surface area contributed by atoms with Gasteiger partial charge >= 0.3 is 0 Å². The van der Waals surface area contributed by atoms with E-state index in [-0.39, 0.29) is 18.0 Å². The second kappa shape index (κ2) is 11.6. The van der Waals surface area contributed by atoms with Crippen LogP contribution in [-0.2, 0) is 11.3 Å². The summed E-state index contributed by atoms with van der Waals surface area (Å²) in [6, 6.07) is 13.9. The molecular weight excluding hydrogens is 544 g/mol. The number of anilines is 3. The maximum absolute atomic E-state index is 13.9. The Hall–Kier alpha value is -5.10. The number of amides is 1. The number of benzene rings is 1. The number of fused-ring (bicyclic) bond motifs is 1. The van der Waals surface area contributed by atoms with E-state index < -0.39 is 0 Å². The van der Waals surface area contributed by atoms with Gasteiger partial charge in [0.25, 0.3) is 5.56 Å². The smallest absolute Gasteiger partial charge is 0.260 e.